The molecule has 0 aromatic heterocycles. The molecule has 132 valence electrons. The van der Waals surface area contributed by atoms with Crippen molar-refractivity contribution >= 4 is 5.91 Å². The molecule has 0 saturated heterocycles. The van der Waals surface area contributed by atoms with Gasteiger partial charge in [-0.25, -0.2) is 0 Å². The second-order valence-corrected chi connectivity index (χ2v) is 6.66. The van der Waals surface area contributed by atoms with E-state index in [1.165, 1.54) is 12.1 Å². The van der Waals surface area contributed by atoms with Gasteiger partial charge in [-0.05, 0) is 36.1 Å². The fraction of sp³-hybridized carbons (Fsp3) is 0.350. The number of nitrogens with zero attached hydrogens (tertiary/aromatic N) is 1. The Balaban J connectivity index is 1.74. The summed E-state index contributed by atoms with van der Waals surface area (Å²) < 4.78 is 37.9. The molecule has 0 aliphatic heterocycles. The first-order valence-corrected chi connectivity index (χ1v) is 8.30. The highest BCUT2D eigenvalue weighted by molar-refractivity contribution is 5.89. The van der Waals surface area contributed by atoms with Gasteiger partial charge in [-0.3, -0.25) is 4.79 Å². The Morgan fingerprint density at radius 1 is 1.04 bits per heavy atom. The fourth-order valence-corrected chi connectivity index (χ4v) is 3.42. The van der Waals surface area contributed by atoms with Crippen LogP contribution in [-0.2, 0) is 22.9 Å². The molecule has 3 rings (SSSR count). The minimum atomic E-state index is -4.34. The van der Waals surface area contributed by atoms with Gasteiger partial charge in [0.2, 0.25) is 5.91 Å². The average Bonchev–Trinajstić information content (AvgIpc) is 2.54. The topological polar surface area (TPSA) is 20.3 Å². The molecule has 1 amide bonds. The van der Waals surface area contributed by atoms with Crippen LogP contribution in [0.15, 0.2) is 54.6 Å². The molecule has 0 radical (unpaired) electrons. The van der Waals surface area contributed by atoms with Crippen LogP contribution in [0, 0.1) is 0 Å². The monoisotopic (exact) mass is 347 g/mol. The quantitative estimate of drug-likeness (QED) is 0.779. The Kier molecular flexibility index (Phi) is 4.58. The van der Waals surface area contributed by atoms with E-state index >= 15 is 0 Å². The van der Waals surface area contributed by atoms with E-state index in [1.54, 1.807) is 11.9 Å². The molecular weight excluding hydrogens is 327 g/mol. The van der Waals surface area contributed by atoms with Crippen molar-refractivity contribution in [2.75, 3.05) is 7.05 Å². The molecule has 5 heteroatoms. The molecule has 1 saturated carbocycles. The highest BCUT2D eigenvalue weighted by Gasteiger charge is 2.46. The van der Waals surface area contributed by atoms with E-state index in [1.807, 2.05) is 30.3 Å². The first-order valence-electron chi connectivity index (χ1n) is 8.30. The Morgan fingerprint density at radius 3 is 2.12 bits per heavy atom. The van der Waals surface area contributed by atoms with Crippen LogP contribution in [0.1, 0.15) is 36.0 Å². The number of alkyl halides is 3. The Labute approximate surface area is 145 Å². The van der Waals surface area contributed by atoms with E-state index < -0.39 is 17.2 Å². The van der Waals surface area contributed by atoms with Crippen LogP contribution in [0.3, 0.4) is 0 Å². The van der Waals surface area contributed by atoms with Gasteiger partial charge in [0, 0.05) is 13.6 Å². The Hall–Kier alpha value is -2.30. The second-order valence-electron chi connectivity index (χ2n) is 6.66. The molecule has 2 aromatic carbocycles. The van der Waals surface area contributed by atoms with Crippen molar-refractivity contribution < 1.29 is 18.0 Å². The second kappa shape index (κ2) is 6.54. The third-order valence-electron chi connectivity index (χ3n) is 4.99. The Morgan fingerprint density at radius 2 is 1.64 bits per heavy atom. The number of hydrogen-bond donors (Lipinski definition) is 0. The molecule has 1 fully saturated rings. The van der Waals surface area contributed by atoms with E-state index in [0.29, 0.717) is 12.1 Å². The summed E-state index contributed by atoms with van der Waals surface area (Å²) >= 11 is 0. The highest BCUT2D eigenvalue weighted by Crippen LogP contribution is 2.45. The maximum absolute atomic E-state index is 13.0. The predicted octanol–water partition coefficient (Wildman–Crippen LogP) is 4.79. The van der Waals surface area contributed by atoms with Crippen LogP contribution < -0.4 is 0 Å². The first-order chi connectivity index (χ1) is 11.8. The van der Waals surface area contributed by atoms with Crippen LogP contribution in [0.25, 0.3) is 0 Å². The molecule has 0 atom stereocenters. The SMILES string of the molecule is CN(Cc1ccc(C(F)(F)F)cc1)C(=O)C1(c2ccccc2)CCC1. The third kappa shape index (κ3) is 3.41. The van der Waals surface area contributed by atoms with Crippen LogP contribution >= 0.6 is 0 Å². The van der Waals surface area contributed by atoms with E-state index in [2.05, 4.69) is 0 Å². The van der Waals surface area contributed by atoms with Crippen LogP contribution in [0.2, 0.25) is 0 Å². The lowest BCUT2D eigenvalue weighted by atomic mass is 9.63. The van der Waals surface area contributed by atoms with Gasteiger partial charge >= 0.3 is 6.18 Å². The van der Waals surface area contributed by atoms with Crippen molar-refractivity contribution in [3.63, 3.8) is 0 Å². The fourth-order valence-electron chi connectivity index (χ4n) is 3.42. The van der Waals surface area contributed by atoms with Crippen molar-refractivity contribution in [3.8, 4) is 0 Å². The number of hydrogen-bond acceptors (Lipinski definition) is 1. The lowest BCUT2D eigenvalue weighted by molar-refractivity contribution is -0.140. The van der Waals surface area contributed by atoms with Crippen LogP contribution in [0.4, 0.5) is 13.2 Å². The molecule has 1 aliphatic rings. The average molecular weight is 347 g/mol. The zero-order valence-corrected chi connectivity index (χ0v) is 14.0. The van der Waals surface area contributed by atoms with Gasteiger partial charge in [-0.1, -0.05) is 48.9 Å². The third-order valence-corrected chi connectivity index (χ3v) is 4.99. The van der Waals surface area contributed by atoms with Crippen molar-refractivity contribution in [3.05, 3.63) is 71.3 Å². The first kappa shape index (κ1) is 17.5. The maximum atomic E-state index is 13.0. The normalized spacial score (nSPS) is 16.2. The van der Waals surface area contributed by atoms with Gasteiger partial charge in [0.15, 0.2) is 0 Å². The smallest absolute Gasteiger partial charge is 0.341 e. The summed E-state index contributed by atoms with van der Waals surface area (Å²) in [6, 6.07) is 14.7. The standard InChI is InChI=1S/C20H20F3NO/c1-24(14-15-8-10-17(11-9-15)20(21,22)23)18(25)19(12-5-13-19)16-6-3-2-4-7-16/h2-4,6-11H,5,12-14H2,1H3. The summed E-state index contributed by atoms with van der Waals surface area (Å²) in [5, 5.41) is 0. The number of carbonyl (C=O) groups excluding carboxylic acids is 1. The predicted molar refractivity (Wildman–Crippen MR) is 89.9 cm³/mol. The molecule has 0 spiro atoms. The number of likely N-dealkylation sites (N-methyl/N-ethyl adjacent to an activating group) is 1. The summed E-state index contributed by atoms with van der Waals surface area (Å²) in [7, 11) is 1.71. The van der Waals surface area contributed by atoms with Crippen LogP contribution in [0.5, 0.6) is 0 Å². The summed E-state index contributed by atoms with van der Waals surface area (Å²) in [5.74, 6) is 0.0323. The van der Waals surface area contributed by atoms with Crippen LogP contribution in [-0.4, -0.2) is 17.9 Å². The summed E-state index contributed by atoms with van der Waals surface area (Å²) in [5.41, 5.74) is 0.545. The minimum Gasteiger partial charge on any atom is -0.341 e. The maximum Gasteiger partial charge on any atom is 0.416 e. The number of benzene rings is 2. The highest BCUT2D eigenvalue weighted by atomic mass is 19.4. The molecule has 1 aliphatic carbocycles. The van der Waals surface area contributed by atoms with E-state index in [0.717, 1.165) is 37.0 Å². The molecule has 2 aromatic rings. The molecule has 0 N–H and O–H groups in total. The summed E-state index contributed by atoms with van der Waals surface area (Å²) in [6.45, 7) is 0.297. The number of rotatable bonds is 4. The molecule has 25 heavy (non-hydrogen) atoms. The number of carbonyl (C=O) groups is 1. The van der Waals surface area contributed by atoms with Crippen molar-refractivity contribution in [1.82, 2.24) is 4.90 Å². The van der Waals surface area contributed by atoms with Gasteiger partial charge in [-0.15, -0.1) is 0 Å². The van der Waals surface area contributed by atoms with Gasteiger partial charge in [0.25, 0.3) is 0 Å². The van der Waals surface area contributed by atoms with E-state index in [4.69, 9.17) is 0 Å². The van der Waals surface area contributed by atoms with Gasteiger partial charge in [0.05, 0.1) is 11.0 Å². The molecule has 0 unspecified atom stereocenters. The number of halogens is 3. The van der Waals surface area contributed by atoms with Crippen molar-refractivity contribution in [2.45, 2.75) is 37.4 Å². The van der Waals surface area contributed by atoms with Crippen molar-refractivity contribution in [2.24, 2.45) is 0 Å². The Bertz CT molecular complexity index is 734. The summed E-state index contributed by atoms with van der Waals surface area (Å²) in [6.07, 6.45) is -1.71. The molecule has 2 nitrogen and oxygen atoms in total. The summed E-state index contributed by atoms with van der Waals surface area (Å²) in [4.78, 5) is 14.6. The number of amides is 1. The zero-order chi connectivity index (χ0) is 18.1. The molecule has 0 heterocycles. The van der Waals surface area contributed by atoms with E-state index in [-0.39, 0.29) is 5.91 Å². The molecule has 0 bridgehead atoms. The van der Waals surface area contributed by atoms with Gasteiger partial charge in [0.1, 0.15) is 0 Å². The minimum absolute atomic E-state index is 0.0323. The van der Waals surface area contributed by atoms with Gasteiger partial charge < -0.3 is 4.90 Å². The lowest BCUT2D eigenvalue weighted by Gasteiger charge is -2.43. The van der Waals surface area contributed by atoms with Crippen molar-refractivity contribution in [1.29, 1.82) is 0 Å². The lowest BCUT2D eigenvalue weighted by Crippen LogP contribution is -2.49. The van der Waals surface area contributed by atoms with Gasteiger partial charge in [-0.2, -0.15) is 13.2 Å². The van der Waals surface area contributed by atoms with E-state index in [9.17, 15) is 18.0 Å². The zero-order valence-electron chi connectivity index (χ0n) is 14.0. The largest absolute Gasteiger partial charge is 0.416 e. The molecular formula is C20H20F3NO.